The predicted molar refractivity (Wildman–Crippen MR) is 146 cm³/mol. The quantitative estimate of drug-likeness (QED) is 0.330. The van der Waals surface area contributed by atoms with Crippen LogP contribution >= 0.6 is 12.2 Å². The molecule has 5 nitrogen and oxygen atoms in total. The van der Waals surface area contributed by atoms with Crippen LogP contribution in [-0.2, 0) is 6.42 Å². The van der Waals surface area contributed by atoms with Crippen LogP contribution in [0.3, 0.4) is 0 Å². The molecule has 2 unspecified atom stereocenters. The van der Waals surface area contributed by atoms with Gasteiger partial charge in [0.15, 0.2) is 5.11 Å². The number of rotatable bonds is 6. The van der Waals surface area contributed by atoms with E-state index in [4.69, 9.17) is 21.9 Å². The monoisotopic (exact) mass is 482 g/mol. The van der Waals surface area contributed by atoms with E-state index in [-0.39, 0.29) is 12.1 Å². The Labute approximate surface area is 212 Å². The van der Waals surface area contributed by atoms with Crippen LogP contribution in [-0.4, -0.2) is 21.8 Å². The first-order chi connectivity index (χ1) is 17.0. The third-order valence-corrected chi connectivity index (χ3v) is 7.15. The highest BCUT2D eigenvalue weighted by Crippen LogP contribution is 2.44. The molecule has 1 aliphatic rings. The van der Waals surface area contributed by atoms with Crippen LogP contribution < -0.4 is 15.0 Å². The van der Waals surface area contributed by atoms with E-state index >= 15 is 0 Å². The lowest BCUT2D eigenvalue weighted by atomic mass is 9.96. The van der Waals surface area contributed by atoms with Gasteiger partial charge in [0.1, 0.15) is 5.75 Å². The minimum absolute atomic E-state index is 0.0711. The molecule has 2 aromatic heterocycles. The highest BCUT2D eigenvalue weighted by atomic mass is 32.1. The molecular formula is C29H30N4OS. The van der Waals surface area contributed by atoms with E-state index in [1.54, 1.807) is 7.11 Å². The molecule has 3 heterocycles. The van der Waals surface area contributed by atoms with Crippen molar-refractivity contribution in [3.63, 3.8) is 0 Å². The Morgan fingerprint density at radius 2 is 1.80 bits per heavy atom. The number of aromatic nitrogens is 2. The zero-order valence-corrected chi connectivity index (χ0v) is 21.3. The molecule has 2 aromatic carbocycles. The van der Waals surface area contributed by atoms with Gasteiger partial charge in [-0.1, -0.05) is 37.3 Å². The van der Waals surface area contributed by atoms with Crippen LogP contribution in [0.15, 0.2) is 79.0 Å². The molecule has 4 aromatic rings. The van der Waals surface area contributed by atoms with Gasteiger partial charge in [-0.05, 0) is 80.0 Å². The summed E-state index contributed by atoms with van der Waals surface area (Å²) < 4.78 is 7.90. The fourth-order valence-electron chi connectivity index (χ4n) is 5.20. The van der Waals surface area contributed by atoms with Crippen LogP contribution in [0.4, 0.5) is 5.69 Å². The van der Waals surface area contributed by atoms with E-state index in [2.05, 4.69) is 78.0 Å². The SMILES string of the molecule is CCc1ccccc1-n1c(C)cc(C2C(c3ccccn3)NC(=S)N2c2cccc(OC)c2)c1C. The molecule has 0 bridgehead atoms. The van der Waals surface area contributed by atoms with Gasteiger partial charge in [0, 0.05) is 35.0 Å². The fourth-order valence-corrected chi connectivity index (χ4v) is 5.54. The standard InChI is InChI=1S/C29H30N4OS/c1-5-21-11-6-7-15-26(21)32-19(2)17-24(20(32)3)28-27(25-14-8-9-16-30-25)31-29(35)33(28)22-12-10-13-23(18-22)34-4/h6-18,27-28H,5H2,1-4H3,(H,31,35). The van der Waals surface area contributed by atoms with Gasteiger partial charge in [-0.25, -0.2) is 0 Å². The van der Waals surface area contributed by atoms with E-state index in [1.807, 2.05) is 36.5 Å². The lowest BCUT2D eigenvalue weighted by Crippen LogP contribution is -2.29. The average Bonchev–Trinajstić information content (AvgIpc) is 3.39. The maximum atomic E-state index is 5.91. The molecular weight excluding hydrogens is 452 g/mol. The molecule has 35 heavy (non-hydrogen) atoms. The molecule has 0 radical (unpaired) electrons. The minimum atomic E-state index is -0.0923. The van der Waals surface area contributed by atoms with Crippen LogP contribution in [0.1, 0.15) is 47.2 Å². The van der Waals surface area contributed by atoms with Crippen LogP contribution in [0.25, 0.3) is 5.69 Å². The number of hydrogen-bond acceptors (Lipinski definition) is 3. The third kappa shape index (κ3) is 4.08. The number of methoxy groups -OCH3 is 1. The summed E-state index contributed by atoms with van der Waals surface area (Å²) in [5.41, 5.74) is 8.13. The van der Waals surface area contributed by atoms with Crippen LogP contribution in [0.5, 0.6) is 5.75 Å². The molecule has 0 saturated carbocycles. The van der Waals surface area contributed by atoms with Gasteiger partial charge in [0.2, 0.25) is 0 Å². The van der Waals surface area contributed by atoms with Crippen molar-refractivity contribution in [2.24, 2.45) is 0 Å². The maximum Gasteiger partial charge on any atom is 0.174 e. The second-order valence-corrected chi connectivity index (χ2v) is 9.23. The summed E-state index contributed by atoms with van der Waals surface area (Å²) in [6.07, 6.45) is 2.82. The van der Waals surface area contributed by atoms with Gasteiger partial charge in [-0.2, -0.15) is 0 Å². The zero-order valence-electron chi connectivity index (χ0n) is 20.5. The number of para-hydroxylation sites is 1. The van der Waals surface area contributed by atoms with Crippen molar-refractivity contribution in [1.82, 2.24) is 14.9 Å². The van der Waals surface area contributed by atoms with Gasteiger partial charge in [-0.3, -0.25) is 4.98 Å². The smallest absolute Gasteiger partial charge is 0.174 e. The van der Waals surface area contributed by atoms with Crippen molar-refractivity contribution in [2.45, 2.75) is 39.3 Å². The summed E-state index contributed by atoms with van der Waals surface area (Å²) in [6.45, 7) is 6.58. The summed E-state index contributed by atoms with van der Waals surface area (Å²) in [6, 6.07) is 24.9. The van der Waals surface area contributed by atoms with E-state index in [0.29, 0.717) is 5.11 Å². The number of pyridine rings is 1. The normalized spacial score (nSPS) is 17.5. The number of aryl methyl sites for hydroxylation is 2. The molecule has 178 valence electrons. The van der Waals surface area contributed by atoms with Crippen molar-refractivity contribution in [3.8, 4) is 11.4 Å². The number of ether oxygens (including phenoxy) is 1. The number of nitrogens with zero attached hydrogens (tertiary/aromatic N) is 3. The maximum absolute atomic E-state index is 5.91. The first-order valence-corrected chi connectivity index (χ1v) is 12.4. The summed E-state index contributed by atoms with van der Waals surface area (Å²) in [7, 11) is 1.69. The molecule has 1 fully saturated rings. The molecule has 1 saturated heterocycles. The Hall–Kier alpha value is -3.64. The molecule has 6 heteroatoms. The number of benzene rings is 2. The van der Waals surface area contributed by atoms with Gasteiger partial charge in [-0.15, -0.1) is 0 Å². The van der Waals surface area contributed by atoms with E-state index in [0.717, 1.165) is 23.6 Å². The number of anilines is 1. The van der Waals surface area contributed by atoms with Gasteiger partial charge in [0.05, 0.1) is 24.9 Å². The Balaban J connectivity index is 1.70. The second kappa shape index (κ2) is 9.55. The number of hydrogen-bond donors (Lipinski definition) is 1. The summed E-state index contributed by atoms with van der Waals surface area (Å²) >= 11 is 5.91. The highest BCUT2D eigenvalue weighted by Gasteiger charge is 2.42. The largest absolute Gasteiger partial charge is 0.497 e. The Morgan fingerprint density at radius 1 is 1.00 bits per heavy atom. The zero-order chi connectivity index (χ0) is 24.5. The van der Waals surface area contributed by atoms with Gasteiger partial charge < -0.3 is 19.5 Å². The van der Waals surface area contributed by atoms with Gasteiger partial charge in [0.25, 0.3) is 0 Å². The van der Waals surface area contributed by atoms with Crippen molar-refractivity contribution in [3.05, 3.63) is 107 Å². The molecule has 0 spiro atoms. The molecule has 2 atom stereocenters. The van der Waals surface area contributed by atoms with Crippen LogP contribution in [0, 0.1) is 13.8 Å². The van der Waals surface area contributed by atoms with Crippen molar-refractivity contribution in [2.75, 3.05) is 12.0 Å². The average molecular weight is 483 g/mol. The Bertz CT molecular complexity index is 1360. The fraction of sp³-hybridized carbons (Fsp3) is 0.241. The number of nitrogens with one attached hydrogen (secondary N) is 1. The van der Waals surface area contributed by atoms with Crippen molar-refractivity contribution < 1.29 is 4.74 Å². The minimum Gasteiger partial charge on any atom is -0.497 e. The van der Waals surface area contributed by atoms with E-state index < -0.39 is 0 Å². The molecule has 5 rings (SSSR count). The van der Waals surface area contributed by atoms with Crippen molar-refractivity contribution >= 4 is 23.0 Å². The molecule has 1 aliphatic heterocycles. The highest BCUT2D eigenvalue weighted by molar-refractivity contribution is 7.80. The Morgan fingerprint density at radius 3 is 2.54 bits per heavy atom. The lowest BCUT2D eigenvalue weighted by molar-refractivity contribution is 0.415. The summed E-state index contributed by atoms with van der Waals surface area (Å²) in [5, 5.41) is 4.25. The summed E-state index contributed by atoms with van der Waals surface area (Å²) in [5.74, 6) is 0.799. The van der Waals surface area contributed by atoms with Crippen molar-refractivity contribution in [1.29, 1.82) is 0 Å². The first kappa shape index (κ1) is 23.1. The Kier molecular flexibility index (Phi) is 6.31. The van der Waals surface area contributed by atoms with E-state index in [1.165, 1.54) is 28.2 Å². The first-order valence-electron chi connectivity index (χ1n) is 11.9. The van der Waals surface area contributed by atoms with E-state index in [9.17, 15) is 0 Å². The topological polar surface area (TPSA) is 42.3 Å². The molecule has 0 amide bonds. The third-order valence-electron chi connectivity index (χ3n) is 6.83. The van der Waals surface area contributed by atoms with Gasteiger partial charge >= 0.3 is 0 Å². The lowest BCUT2D eigenvalue weighted by Gasteiger charge is -2.28. The van der Waals surface area contributed by atoms with Crippen LogP contribution in [0.2, 0.25) is 0 Å². The predicted octanol–water partition coefficient (Wildman–Crippen LogP) is 6.24. The number of thiocarbonyl (C=S) groups is 1. The molecule has 1 N–H and O–H groups in total. The summed E-state index contributed by atoms with van der Waals surface area (Å²) in [4.78, 5) is 6.90. The second-order valence-electron chi connectivity index (χ2n) is 8.84. The molecule has 0 aliphatic carbocycles.